The van der Waals surface area contributed by atoms with Crippen molar-refractivity contribution in [1.82, 2.24) is 9.88 Å². The van der Waals surface area contributed by atoms with Gasteiger partial charge in [0.15, 0.2) is 6.61 Å². The Morgan fingerprint density at radius 3 is 2.49 bits per heavy atom. The number of benzene rings is 2. The number of thiazole rings is 1. The number of hydrogen-bond donors (Lipinski definition) is 1. The van der Waals surface area contributed by atoms with Gasteiger partial charge in [0.2, 0.25) is 11.8 Å². The summed E-state index contributed by atoms with van der Waals surface area (Å²) in [7, 11) is 0. The van der Waals surface area contributed by atoms with Crippen LogP contribution in [0.25, 0.3) is 0 Å². The number of anilines is 1. The van der Waals surface area contributed by atoms with E-state index in [0.717, 1.165) is 40.0 Å². The second-order valence-corrected chi connectivity index (χ2v) is 13.5. The van der Waals surface area contributed by atoms with Gasteiger partial charge in [-0.3, -0.25) is 19.2 Å². The minimum atomic E-state index is -0.837. The van der Waals surface area contributed by atoms with Gasteiger partial charge in [0.1, 0.15) is 11.0 Å². The van der Waals surface area contributed by atoms with Gasteiger partial charge < -0.3 is 19.4 Å². The topological polar surface area (TPSA) is 126 Å². The minimum Gasteiger partial charge on any atom is -0.483 e. The molecule has 2 unspecified atom stereocenters. The molecule has 3 amide bonds. The standard InChI is InChI=1S/C30H28BrN3O7S2/c1-2-40-29(38)16-6-9-18(10-7-16)34-27(36)23-22(24-26(32-30(39)43-24)42-25(23)28(34)37)19-14-17(31)8-11-20(19)41-15-21(35)33-12-4-3-5-13-33/h6-11,14,22-23,25H,2-5,12-13,15H2,1H3,(H,32,39)/t22-,23?,25?/m1/s1. The number of aromatic nitrogens is 1. The summed E-state index contributed by atoms with van der Waals surface area (Å²) in [6.07, 6.45) is 3.03. The summed E-state index contributed by atoms with van der Waals surface area (Å²) < 4.78 is 11.9. The first kappa shape index (κ1) is 29.6. The van der Waals surface area contributed by atoms with E-state index in [1.54, 1.807) is 36.1 Å². The van der Waals surface area contributed by atoms with E-state index in [1.165, 1.54) is 23.9 Å². The number of aromatic amines is 1. The van der Waals surface area contributed by atoms with Crippen LogP contribution in [0.3, 0.4) is 0 Å². The summed E-state index contributed by atoms with van der Waals surface area (Å²) in [5.74, 6) is -2.54. The number of nitrogens with zero attached hydrogens (tertiary/aromatic N) is 2. The summed E-state index contributed by atoms with van der Waals surface area (Å²) in [4.78, 5) is 71.7. The number of esters is 1. The molecule has 10 nitrogen and oxygen atoms in total. The Hall–Kier alpha value is -3.42. The number of ether oxygens (including phenoxy) is 2. The van der Waals surface area contributed by atoms with Gasteiger partial charge in [-0.2, -0.15) is 0 Å². The summed E-state index contributed by atoms with van der Waals surface area (Å²) >= 11 is 5.70. The van der Waals surface area contributed by atoms with Crippen molar-refractivity contribution in [2.75, 3.05) is 31.2 Å². The van der Waals surface area contributed by atoms with Crippen molar-refractivity contribution < 1.29 is 28.7 Å². The molecule has 13 heteroatoms. The highest BCUT2D eigenvalue weighted by Gasteiger charge is 2.57. The van der Waals surface area contributed by atoms with Crippen LogP contribution in [0.15, 0.2) is 56.8 Å². The first-order chi connectivity index (χ1) is 20.8. The number of nitrogens with one attached hydrogen (secondary N) is 1. The molecule has 2 saturated heterocycles. The molecule has 0 aliphatic carbocycles. The highest BCUT2D eigenvalue weighted by atomic mass is 79.9. The number of amides is 3. The monoisotopic (exact) mass is 685 g/mol. The maximum atomic E-state index is 14.1. The number of halogens is 1. The number of carbonyl (C=O) groups is 4. The molecule has 3 aliphatic rings. The van der Waals surface area contributed by atoms with E-state index in [-0.39, 0.29) is 24.0 Å². The Balaban J connectivity index is 1.35. The molecule has 6 rings (SSSR count). The Morgan fingerprint density at radius 1 is 1.02 bits per heavy atom. The number of carbonyl (C=O) groups excluding carboxylic acids is 4. The summed E-state index contributed by atoms with van der Waals surface area (Å²) in [6, 6.07) is 11.5. The van der Waals surface area contributed by atoms with Crippen molar-refractivity contribution in [3.8, 4) is 5.75 Å². The molecule has 0 radical (unpaired) electrons. The molecule has 2 fully saturated rings. The molecule has 3 atom stereocenters. The quantitative estimate of drug-likeness (QED) is 0.283. The lowest BCUT2D eigenvalue weighted by Crippen LogP contribution is -2.38. The lowest BCUT2D eigenvalue weighted by atomic mass is 9.82. The number of hydrogen-bond acceptors (Lipinski definition) is 9. The first-order valence-electron chi connectivity index (χ1n) is 14.0. The SMILES string of the molecule is CCOC(=O)c1ccc(N2C(=O)C3Sc4[nH]c(=O)sc4[C@H](c4cc(Br)ccc4OCC(=O)N4CCCCC4)C3C2=O)cc1. The van der Waals surface area contributed by atoms with Crippen LogP contribution in [0.5, 0.6) is 5.75 Å². The molecule has 3 aliphatic heterocycles. The molecular formula is C30H28BrN3O7S2. The number of imide groups is 1. The normalized spacial score (nSPS) is 21.4. The fraction of sp³-hybridized carbons (Fsp3) is 0.367. The van der Waals surface area contributed by atoms with E-state index in [2.05, 4.69) is 20.9 Å². The van der Waals surface area contributed by atoms with Crippen LogP contribution in [0.4, 0.5) is 5.69 Å². The lowest BCUT2D eigenvalue weighted by molar-refractivity contribution is -0.134. The van der Waals surface area contributed by atoms with Gasteiger partial charge in [-0.1, -0.05) is 39.0 Å². The molecule has 4 heterocycles. The second kappa shape index (κ2) is 12.3. The Morgan fingerprint density at radius 2 is 1.77 bits per heavy atom. The fourth-order valence-corrected chi connectivity index (χ4v) is 8.72. The van der Waals surface area contributed by atoms with Crippen molar-refractivity contribution in [2.24, 2.45) is 5.92 Å². The summed E-state index contributed by atoms with van der Waals surface area (Å²) in [5.41, 5.74) is 1.25. The molecule has 43 heavy (non-hydrogen) atoms. The van der Waals surface area contributed by atoms with Crippen LogP contribution >= 0.6 is 39.0 Å². The lowest BCUT2D eigenvalue weighted by Gasteiger charge is -2.31. The van der Waals surface area contributed by atoms with Crippen LogP contribution in [0.2, 0.25) is 0 Å². The largest absolute Gasteiger partial charge is 0.483 e. The molecule has 1 N–H and O–H groups in total. The van der Waals surface area contributed by atoms with E-state index in [0.29, 0.717) is 45.6 Å². The van der Waals surface area contributed by atoms with E-state index in [1.807, 2.05) is 6.07 Å². The molecule has 2 aromatic carbocycles. The van der Waals surface area contributed by atoms with Gasteiger partial charge in [0, 0.05) is 33.9 Å². The van der Waals surface area contributed by atoms with Gasteiger partial charge >= 0.3 is 10.8 Å². The highest BCUT2D eigenvalue weighted by Crippen LogP contribution is 2.54. The number of rotatable bonds is 7. The predicted octanol–water partition coefficient (Wildman–Crippen LogP) is 4.56. The van der Waals surface area contributed by atoms with Gasteiger partial charge in [-0.05, 0) is 68.7 Å². The van der Waals surface area contributed by atoms with Crippen molar-refractivity contribution in [3.63, 3.8) is 0 Å². The smallest absolute Gasteiger partial charge is 0.338 e. The average molecular weight is 687 g/mol. The molecule has 0 saturated carbocycles. The molecule has 0 spiro atoms. The van der Waals surface area contributed by atoms with Gasteiger partial charge in [-0.15, -0.1) is 0 Å². The van der Waals surface area contributed by atoms with Crippen molar-refractivity contribution in [1.29, 1.82) is 0 Å². The minimum absolute atomic E-state index is 0.109. The Kier molecular flexibility index (Phi) is 8.47. The fourth-order valence-electron chi connectivity index (χ4n) is 5.84. The number of likely N-dealkylation sites (tertiary alicyclic amines) is 1. The van der Waals surface area contributed by atoms with Crippen LogP contribution in [-0.4, -0.2) is 65.1 Å². The molecule has 1 aromatic heterocycles. The van der Waals surface area contributed by atoms with Crippen LogP contribution < -0.4 is 14.5 Å². The Bertz CT molecular complexity index is 1650. The summed E-state index contributed by atoms with van der Waals surface area (Å²) in [5, 5.41) is -0.265. The highest BCUT2D eigenvalue weighted by molar-refractivity contribution is 9.10. The Labute approximate surface area is 263 Å². The van der Waals surface area contributed by atoms with Crippen LogP contribution in [0.1, 0.15) is 52.9 Å². The maximum Gasteiger partial charge on any atom is 0.338 e. The number of thioether (sulfide) groups is 1. The van der Waals surface area contributed by atoms with Crippen LogP contribution in [-0.2, 0) is 19.1 Å². The zero-order chi connectivity index (χ0) is 30.2. The van der Waals surface area contributed by atoms with Crippen molar-refractivity contribution in [2.45, 2.75) is 42.4 Å². The molecule has 0 bridgehead atoms. The summed E-state index contributed by atoms with van der Waals surface area (Å²) in [6.45, 7) is 3.18. The molecule has 224 valence electrons. The molecular weight excluding hydrogens is 658 g/mol. The third-order valence-corrected chi connectivity index (χ3v) is 10.7. The second-order valence-electron chi connectivity index (χ2n) is 10.4. The maximum absolute atomic E-state index is 14.1. The van der Waals surface area contributed by atoms with E-state index < -0.39 is 34.9 Å². The van der Waals surface area contributed by atoms with Crippen molar-refractivity contribution >= 4 is 68.4 Å². The van der Waals surface area contributed by atoms with E-state index in [9.17, 15) is 24.0 Å². The number of fused-ring (bicyclic) bond motifs is 2. The van der Waals surface area contributed by atoms with Gasteiger partial charge in [0.25, 0.3) is 5.91 Å². The number of piperidine rings is 1. The number of H-pyrrole nitrogens is 1. The average Bonchev–Trinajstić information content (AvgIpc) is 3.50. The van der Waals surface area contributed by atoms with Gasteiger partial charge in [0.05, 0.1) is 28.8 Å². The van der Waals surface area contributed by atoms with E-state index >= 15 is 0 Å². The third kappa shape index (κ3) is 5.65. The van der Waals surface area contributed by atoms with Crippen molar-refractivity contribution in [3.05, 3.63) is 72.6 Å². The zero-order valence-corrected chi connectivity index (χ0v) is 26.4. The first-order valence-corrected chi connectivity index (χ1v) is 16.5. The molecule has 3 aromatic rings. The zero-order valence-electron chi connectivity index (χ0n) is 23.2. The van der Waals surface area contributed by atoms with Crippen LogP contribution in [0, 0.1) is 5.92 Å². The van der Waals surface area contributed by atoms with E-state index in [4.69, 9.17) is 9.47 Å². The third-order valence-electron chi connectivity index (χ3n) is 7.83. The predicted molar refractivity (Wildman–Crippen MR) is 165 cm³/mol. The van der Waals surface area contributed by atoms with Gasteiger partial charge in [-0.25, -0.2) is 9.69 Å².